The Hall–Kier alpha value is -2.39. The highest BCUT2D eigenvalue weighted by molar-refractivity contribution is 5.80. The van der Waals surface area contributed by atoms with Gasteiger partial charge in [-0.25, -0.2) is 0 Å². The molecule has 1 aromatic carbocycles. The average molecular weight is 420 g/mol. The van der Waals surface area contributed by atoms with E-state index in [1.54, 1.807) is 19.2 Å². The maximum atomic E-state index is 10.7. The van der Waals surface area contributed by atoms with Crippen molar-refractivity contribution in [3.8, 4) is 0 Å². The van der Waals surface area contributed by atoms with E-state index in [0.29, 0.717) is 25.8 Å². The highest BCUT2D eigenvalue weighted by Gasteiger charge is 2.23. The van der Waals surface area contributed by atoms with Gasteiger partial charge >= 0.3 is 0 Å². The number of hydrogen-bond acceptors (Lipinski definition) is 6. The number of ether oxygens (including phenoxy) is 2. The van der Waals surface area contributed by atoms with E-state index in [2.05, 4.69) is 20.5 Å². The molecule has 3 rings (SSSR count). The van der Waals surface area contributed by atoms with Gasteiger partial charge in [-0.15, -0.1) is 0 Å². The van der Waals surface area contributed by atoms with E-state index in [9.17, 15) is 10.1 Å². The largest absolute Gasteiger partial charge is 0.383 e. The third-order valence-electron chi connectivity index (χ3n) is 5.56. The molecule has 166 valence electrons. The van der Waals surface area contributed by atoms with Gasteiger partial charge in [-0.05, 0) is 44.2 Å². The Bertz CT molecular complexity index is 683. The molecule has 2 heterocycles. The number of benzene rings is 1. The minimum atomic E-state index is -0.396. The molecule has 30 heavy (non-hydrogen) atoms. The molecule has 2 N–H and O–H groups in total. The summed E-state index contributed by atoms with van der Waals surface area (Å²) in [6.07, 6.45) is 6.09. The molecule has 0 radical (unpaired) electrons. The number of aliphatic imine (C=N–C) groups is 1. The van der Waals surface area contributed by atoms with Gasteiger partial charge in [-0.2, -0.15) is 0 Å². The first-order valence-corrected chi connectivity index (χ1v) is 10.8. The van der Waals surface area contributed by atoms with Gasteiger partial charge in [-0.1, -0.05) is 0 Å². The monoisotopic (exact) mass is 419 g/mol. The molecule has 9 nitrogen and oxygen atoms in total. The molecule has 1 unspecified atom stereocenters. The smallest absolute Gasteiger partial charge is 0.269 e. The van der Waals surface area contributed by atoms with E-state index >= 15 is 0 Å². The fourth-order valence-electron chi connectivity index (χ4n) is 3.83. The van der Waals surface area contributed by atoms with Crippen molar-refractivity contribution in [2.75, 3.05) is 51.8 Å². The van der Waals surface area contributed by atoms with E-state index in [1.807, 2.05) is 0 Å². The second-order valence-electron chi connectivity index (χ2n) is 7.71. The minimum absolute atomic E-state index is 0.0951. The molecule has 0 saturated carbocycles. The maximum Gasteiger partial charge on any atom is 0.269 e. The quantitative estimate of drug-likeness (QED) is 0.220. The number of nitrogens with zero attached hydrogens (tertiary/aromatic N) is 3. The summed E-state index contributed by atoms with van der Waals surface area (Å²) in [5, 5.41) is 17.3. The predicted octanol–water partition coefficient (Wildman–Crippen LogP) is 2.63. The van der Waals surface area contributed by atoms with Crippen molar-refractivity contribution in [3.63, 3.8) is 0 Å². The number of rotatable bonds is 8. The lowest BCUT2D eigenvalue weighted by atomic mass is 10.1. The van der Waals surface area contributed by atoms with Gasteiger partial charge in [0, 0.05) is 57.7 Å². The molecule has 0 amide bonds. The van der Waals surface area contributed by atoms with E-state index in [4.69, 9.17) is 9.47 Å². The number of nitrogens with one attached hydrogen (secondary N) is 2. The molecule has 2 fully saturated rings. The molecule has 0 aliphatic carbocycles. The van der Waals surface area contributed by atoms with Crippen molar-refractivity contribution >= 4 is 17.3 Å². The SMILES string of the molecule is CN=C(NCCNc1ccc([N+](=O)[O-])cc1)N1CCC(OCC2CCCCO2)CC1. The van der Waals surface area contributed by atoms with E-state index < -0.39 is 4.92 Å². The zero-order valence-electron chi connectivity index (χ0n) is 17.7. The molecule has 9 heteroatoms. The van der Waals surface area contributed by atoms with Crippen LogP contribution < -0.4 is 10.6 Å². The lowest BCUT2D eigenvalue weighted by molar-refractivity contribution is -0.384. The maximum absolute atomic E-state index is 10.7. The van der Waals surface area contributed by atoms with Gasteiger partial charge in [0.15, 0.2) is 5.96 Å². The molecule has 2 aliphatic rings. The number of nitro groups is 1. The summed E-state index contributed by atoms with van der Waals surface area (Å²) in [5.41, 5.74) is 0.954. The summed E-state index contributed by atoms with van der Waals surface area (Å²) in [6.45, 7) is 4.83. The Labute approximate surface area is 178 Å². The van der Waals surface area contributed by atoms with E-state index in [1.165, 1.54) is 25.0 Å². The van der Waals surface area contributed by atoms with Gasteiger partial charge in [0.2, 0.25) is 0 Å². The Morgan fingerprint density at radius 1 is 1.23 bits per heavy atom. The number of piperidine rings is 1. The fourth-order valence-corrected chi connectivity index (χ4v) is 3.83. The summed E-state index contributed by atoms with van der Waals surface area (Å²) < 4.78 is 11.8. The first-order chi connectivity index (χ1) is 14.7. The molecule has 0 aromatic heterocycles. The summed E-state index contributed by atoms with van der Waals surface area (Å²) in [6, 6.07) is 6.44. The summed E-state index contributed by atoms with van der Waals surface area (Å²) in [7, 11) is 1.80. The van der Waals surface area contributed by atoms with Gasteiger partial charge in [-0.3, -0.25) is 15.1 Å². The van der Waals surface area contributed by atoms with Crippen LogP contribution in [0.4, 0.5) is 11.4 Å². The van der Waals surface area contributed by atoms with Crippen molar-refractivity contribution < 1.29 is 14.4 Å². The van der Waals surface area contributed by atoms with Crippen LogP contribution in [-0.2, 0) is 9.47 Å². The van der Waals surface area contributed by atoms with Gasteiger partial charge in [0.1, 0.15) is 0 Å². The van der Waals surface area contributed by atoms with Crippen molar-refractivity contribution in [1.82, 2.24) is 10.2 Å². The van der Waals surface area contributed by atoms with Crippen molar-refractivity contribution in [2.24, 2.45) is 4.99 Å². The van der Waals surface area contributed by atoms with Gasteiger partial charge in [0.05, 0.1) is 23.7 Å². The number of anilines is 1. The standard InChI is InChI=1S/C21H33N5O4/c1-22-21(24-12-11-23-17-5-7-18(8-6-17)26(27)28)25-13-9-19(10-14-25)30-16-20-4-2-3-15-29-20/h5-8,19-20,23H,2-4,9-16H2,1H3,(H,22,24). The second-order valence-corrected chi connectivity index (χ2v) is 7.71. The predicted molar refractivity (Wildman–Crippen MR) is 117 cm³/mol. The number of non-ortho nitro benzene ring substituents is 1. The molecule has 0 bridgehead atoms. The molecule has 1 atom stereocenters. The molecular formula is C21H33N5O4. The van der Waals surface area contributed by atoms with Crippen LogP contribution in [0.2, 0.25) is 0 Å². The van der Waals surface area contributed by atoms with E-state index in [-0.39, 0.29) is 11.8 Å². The van der Waals surface area contributed by atoms with Crippen LogP contribution in [0.1, 0.15) is 32.1 Å². The zero-order valence-corrected chi connectivity index (χ0v) is 17.7. The fraction of sp³-hybridized carbons (Fsp3) is 0.667. The molecule has 2 aliphatic heterocycles. The summed E-state index contributed by atoms with van der Waals surface area (Å²) >= 11 is 0. The zero-order chi connectivity index (χ0) is 21.2. The topological polar surface area (TPSA) is 101 Å². The lowest BCUT2D eigenvalue weighted by Crippen LogP contribution is -2.48. The Balaban J connectivity index is 1.32. The van der Waals surface area contributed by atoms with Crippen LogP contribution in [-0.4, -0.2) is 74.4 Å². The third-order valence-corrected chi connectivity index (χ3v) is 5.56. The van der Waals surface area contributed by atoms with Crippen LogP contribution in [0.5, 0.6) is 0 Å². The number of guanidine groups is 1. The van der Waals surface area contributed by atoms with Crippen molar-refractivity contribution in [2.45, 2.75) is 44.3 Å². The van der Waals surface area contributed by atoms with Gasteiger partial charge in [0.25, 0.3) is 5.69 Å². The first kappa shape index (κ1) is 22.3. The van der Waals surface area contributed by atoms with Gasteiger partial charge < -0.3 is 25.0 Å². The number of likely N-dealkylation sites (tertiary alicyclic amines) is 1. The normalized spacial score (nSPS) is 20.8. The minimum Gasteiger partial charge on any atom is -0.383 e. The number of hydrogen-bond donors (Lipinski definition) is 2. The van der Waals surface area contributed by atoms with Crippen LogP contribution in [0, 0.1) is 10.1 Å². The first-order valence-electron chi connectivity index (χ1n) is 10.8. The average Bonchev–Trinajstić information content (AvgIpc) is 2.79. The number of nitro benzene ring substituents is 1. The molecule has 0 spiro atoms. The van der Waals surface area contributed by atoms with Crippen LogP contribution in [0.15, 0.2) is 29.3 Å². The molecular weight excluding hydrogens is 386 g/mol. The van der Waals surface area contributed by atoms with Crippen molar-refractivity contribution in [1.29, 1.82) is 0 Å². The van der Waals surface area contributed by atoms with Crippen LogP contribution >= 0.6 is 0 Å². The highest BCUT2D eigenvalue weighted by Crippen LogP contribution is 2.18. The lowest BCUT2D eigenvalue weighted by Gasteiger charge is -2.35. The Morgan fingerprint density at radius 2 is 2.00 bits per heavy atom. The molecule has 2 saturated heterocycles. The van der Waals surface area contributed by atoms with Crippen molar-refractivity contribution in [3.05, 3.63) is 34.4 Å². The third kappa shape index (κ3) is 6.84. The van der Waals surface area contributed by atoms with Crippen LogP contribution in [0.3, 0.4) is 0 Å². The Morgan fingerprint density at radius 3 is 2.63 bits per heavy atom. The summed E-state index contributed by atoms with van der Waals surface area (Å²) in [5.74, 6) is 0.898. The second kappa shape index (κ2) is 11.7. The van der Waals surface area contributed by atoms with E-state index in [0.717, 1.165) is 50.6 Å². The van der Waals surface area contributed by atoms with Crippen LogP contribution in [0.25, 0.3) is 0 Å². The highest BCUT2D eigenvalue weighted by atomic mass is 16.6. The summed E-state index contributed by atoms with van der Waals surface area (Å²) in [4.78, 5) is 17.0. The molecule has 1 aromatic rings. The Kier molecular flexibility index (Phi) is 8.70.